The lowest BCUT2D eigenvalue weighted by atomic mass is 10.2. The fourth-order valence-electron chi connectivity index (χ4n) is 2.28. The number of hydrogen-bond acceptors (Lipinski definition) is 3. The van der Waals surface area contributed by atoms with Gasteiger partial charge >= 0.3 is 0 Å². The molecule has 4 nitrogen and oxygen atoms in total. The summed E-state index contributed by atoms with van der Waals surface area (Å²) in [6.07, 6.45) is 3.37. The summed E-state index contributed by atoms with van der Waals surface area (Å²) < 4.78 is 26.6. The lowest BCUT2D eigenvalue weighted by Gasteiger charge is -2.20. The zero-order chi connectivity index (χ0) is 13.9. The maximum absolute atomic E-state index is 12.6. The first kappa shape index (κ1) is 14.1. The highest BCUT2D eigenvalue weighted by atomic mass is 32.2. The van der Waals surface area contributed by atoms with Crippen LogP contribution in [0.1, 0.15) is 18.9 Å². The van der Waals surface area contributed by atoms with Crippen molar-refractivity contribution in [2.24, 2.45) is 0 Å². The number of nitrogens with zero attached hydrogens (tertiary/aromatic N) is 1. The van der Waals surface area contributed by atoms with Gasteiger partial charge in [-0.2, -0.15) is 4.31 Å². The van der Waals surface area contributed by atoms with Crippen molar-refractivity contribution in [2.75, 3.05) is 25.0 Å². The van der Waals surface area contributed by atoms with Crippen LogP contribution in [0.4, 0.5) is 5.69 Å². The molecule has 0 unspecified atom stereocenters. The molecule has 1 heterocycles. The molecular formula is C14H20N2O2S. The van der Waals surface area contributed by atoms with E-state index in [9.17, 15) is 8.42 Å². The highest BCUT2D eigenvalue weighted by Crippen LogP contribution is 2.27. The maximum atomic E-state index is 12.6. The Labute approximate surface area is 115 Å². The molecule has 1 N–H and O–H groups in total. The van der Waals surface area contributed by atoms with Gasteiger partial charge in [-0.3, -0.25) is 0 Å². The van der Waals surface area contributed by atoms with Crippen molar-refractivity contribution in [3.8, 4) is 0 Å². The SMILES string of the molecule is C=CCN(CCC)S(=O)(=O)c1ccc2c(c1)NCC2. The number of anilines is 1. The Morgan fingerprint density at radius 1 is 1.47 bits per heavy atom. The number of hydrogen-bond donors (Lipinski definition) is 1. The molecule has 0 spiro atoms. The van der Waals surface area contributed by atoms with E-state index in [0.717, 1.165) is 25.1 Å². The first-order chi connectivity index (χ1) is 9.09. The fourth-order valence-corrected chi connectivity index (χ4v) is 3.81. The zero-order valence-electron chi connectivity index (χ0n) is 11.2. The largest absolute Gasteiger partial charge is 0.384 e. The van der Waals surface area contributed by atoms with E-state index in [1.807, 2.05) is 13.0 Å². The first-order valence-corrected chi connectivity index (χ1v) is 8.01. The van der Waals surface area contributed by atoms with Crippen molar-refractivity contribution in [3.63, 3.8) is 0 Å². The molecule has 0 saturated heterocycles. The minimum atomic E-state index is -3.42. The molecule has 104 valence electrons. The molecule has 0 amide bonds. The zero-order valence-corrected chi connectivity index (χ0v) is 12.0. The minimum Gasteiger partial charge on any atom is -0.384 e. The van der Waals surface area contributed by atoms with Crippen molar-refractivity contribution in [1.82, 2.24) is 4.31 Å². The van der Waals surface area contributed by atoms with E-state index in [2.05, 4.69) is 11.9 Å². The van der Waals surface area contributed by atoms with Gasteiger partial charge < -0.3 is 5.32 Å². The third-order valence-electron chi connectivity index (χ3n) is 3.23. The second-order valence-corrected chi connectivity index (χ2v) is 6.59. The highest BCUT2D eigenvalue weighted by Gasteiger charge is 2.24. The van der Waals surface area contributed by atoms with Crippen LogP contribution in [-0.4, -0.2) is 32.4 Å². The summed E-state index contributed by atoms with van der Waals surface area (Å²) in [6, 6.07) is 5.34. The van der Waals surface area contributed by atoms with E-state index < -0.39 is 10.0 Å². The van der Waals surface area contributed by atoms with Crippen molar-refractivity contribution in [2.45, 2.75) is 24.7 Å². The number of sulfonamides is 1. The molecule has 0 aliphatic carbocycles. The van der Waals surface area contributed by atoms with Crippen LogP contribution in [0.5, 0.6) is 0 Å². The summed E-state index contributed by atoms with van der Waals surface area (Å²) in [5, 5.41) is 3.21. The van der Waals surface area contributed by atoms with Crippen LogP contribution in [0.25, 0.3) is 0 Å². The summed E-state index contributed by atoms with van der Waals surface area (Å²) in [4.78, 5) is 0.357. The molecule has 0 saturated carbocycles. The molecule has 0 atom stereocenters. The molecule has 1 aliphatic rings. The van der Waals surface area contributed by atoms with Gasteiger partial charge in [-0.05, 0) is 30.5 Å². The minimum absolute atomic E-state index is 0.348. The van der Waals surface area contributed by atoms with Crippen LogP contribution < -0.4 is 5.32 Å². The fraction of sp³-hybridized carbons (Fsp3) is 0.429. The van der Waals surface area contributed by atoms with Gasteiger partial charge in [0.05, 0.1) is 4.90 Å². The predicted molar refractivity (Wildman–Crippen MR) is 77.9 cm³/mol. The summed E-state index contributed by atoms with van der Waals surface area (Å²) in [5.41, 5.74) is 2.13. The van der Waals surface area contributed by atoms with Gasteiger partial charge in [0.15, 0.2) is 0 Å². The third kappa shape index (κ3) is 2.82. The van der Waals surface area contributed by atoms with Gasteiger partial charge in [0, 0.05) is 25.3 Å². The first-order valence-electron chi connectivity index (χ1n) is 6.57. The van der Waals surface area contributed by atoms with E-state index in [0.29, 0.717) is 18.0 Å². The summed E-state index contributed by atoms with van der Waals surface area (Å²) in [6.45, 7) is 7.34. The summed E-state index contributed by atoms with van der Waals surface area (Å²) in [7, 11) is -3.42. The van der Waals surface area contributed by atoms with E-state index in [-0.39, 0.29) is 0 Å². The Morgan fingerprint density at radius 2 is 2.26 bits per heavy atom. The summed E-state index contributed by atoms with van der Waals surface area (Å²) >= 11 is 0. The van der Waals surface area contributed by atoms with Crippen LogP contribution >= 0.6 is 0 Å². The molecular weight excluding hydrogens is 260 g/mol. The van der Waals surface area contributed by atoms with E-state index in [1.165, 1.54) is 9.87 Å². The Kier molecular flexibility index (Phi) is 4.27. The Bertz CT molecular complexity index is 567. The van der Waals surface area contributed by atoms with Gasteiger partial charge in [-0.15, -0.1) is 6.58 Å². The predicted octanol–water partition coefficient (Wildman–Crippen LogP) is 2.24. The lowest BCUT2D eigenvalue weighted by Crippen LogP contribution is -2.32. The monoisotopic (exact) mass is 280 g/mol. The standard InChI is InChI=1S/C14H20N2O2S/c1-3-9-16(10-4-2)19(17,18)13-6-5-12-7-8-15-14(12)11-13/h3,5-6,11,15H,1,4,7-10H2,2H3. The summed E-state index contributed by atoms with van der Waals surface area (Å²) in [5.74, 6) is 0. The van der Waals surface area contributed by atoms with Crippen LogP contribution in [0.2, 0.25) is 0 Å². The van der Waals surface area contributed by atoms with Crippen molar-refractivity contribution >= 4 is 15.7 Å². The molecule has 0 aromatic heterocycles. The number of nitrogens with one attached hydrogen (secondary N) is 1. The van der Waals surface area contributed by atoms with Crippen molar-refractivity contribution in [3.05, 3.63) is 36.4 Å². The van der Waals surface area contributed by atoms with Gasteiger partial charge in [0.1, 0.15) is 0 Å². The second-order valence-electron chi connectivity index (χ2n) is 4.65. The van der Waals surface area contributed by atoms with E-state index in [1.54, 1.807) is 18.2 Å². The number of fused-ring (bicyclic) bond motifs is 1. The molecule has 1 aromatic rings. The molecule has 0 bridgehead atoms. The van der Waals surface area contributed by atoms with Gasteiger partial charge in [0.25, 0.3) is 0 Å². The molecule has 19 heavy (non-hydrogen) atoms. The van der Waals surface area contributed by atoms with Crippen molar-refractivity contribution < 1.29 is 8.42 Å². The smallest absolute Gasteiger partial charge is 0.243 e. The topological polar surface area (TPSA) is 49.4 Å². The highest BCUT2D eigenvalue weighted by molar-refractivity contribution is 7.89. The third-order valence-corrected chi connectivity index (χ3v) is 5.10. The molecule has 2 rings (SSSR count). The van der Waals surface area contributed by atoms with Crippen molar-refractivity contribution in [1.29, 1.82) is 0 Å². The van der Waals surface area contributed by atoms with E-state index in [4.69, 9.17) is 0 Å². The quantitative estimate of drug-likeness (QED) is 0.813. The molecule has 1 aromatic carbocycles. The Balaban J connectivity index is 2.34. The Morgan fingerprint density at radius 3 is 2.95 bits per heavy atom. The van der Waals surface area contributed by atoms with Crippen LogP contribution in [0.3, 0.4) is 0 Å². The maximum Gasteiger partial charge on any atom is 0.243 e. The Hall–Kier alpha value is -1.33. The van der Waals surface area contributed by atoms with Crippen LogP contribution in [0, 0.1) is 0 Å². The molecule has 1 aliphatic heterocycles. The van der Waals surface area contributed by atoms with Gasteiger partial charge in [0.2, 0.25) is 10.0 Å². The van der Waals surface area contributed by atoms with Gasteiger partial charge in [-0.25, -0.2) is 8.42 Å². The second kappa shape index (κ2) is 5.75. The van der Waals surface area contributed by atoms with Crippen LogP contribution in [-0.2, 0) is 16.4 Å². The lowest BCUT2D eigenvalue weighted by molar-refractivity contribution is 0.441. The van der Waals surface area contributed by atoms with Crippen LogP contribution in [0.15, 0.2) is 35.7 Å². The van der Waals surface area contributed by atoms with E-state index >= 15 is 0 Å². The average molecular weight is 280 g/mol. The molecule has 0 radical (unpaired) electrons. The average Bonchev–Trinajstić information content (AvgIpc) is 2.85. The normalized spacial score (nSPS) is 14.2. The molecule has 0 fully saturated rings. The molecule has 5 heteroatoms. The number of rotatable bonds is 6. The number of benzene rings is 1. The van der Waals surface area contributed by atoms with Gasteiger partial charge in [-0.1, -0.05) is 19.1 Å².